The van der Waals surface area contributed by atoms with E-state index in [1.165, 1.54) is 77.6 Å². The van der Waals surface area contributed by atoms with E-state index in [-0.39, 0.29) is 0 Å². The van der Waals surface area contributed by atoms with Gasteiger partial charge in [0.05, 0.1) is 22.1 Å². The summed E-state index contributed by atoms with van der Waals surface area (Å²) in [5, 5.41) is 2.57. The minimum absolute atomic E-state index is 0.511. The van der Waals surface area contributed by atoms with Gasteiger partial charge in [0.1, 0.15) is 0 Å². The van der Waals surface area contributed by atoms with Crippen molar-refractivity contribution in [2.24, 2.45) is 0 Å². The standard InChI is InChI=1S/C49H37N/c1-2-15-36(37-16-5-3-6-17-37)31-28-35-29-32-38(33-30-35)39-18-13-21-41(34-39)49(40-19-7-4-8-20-40)44-24-10-12-27-47(44)50-46-26-11-9-22-42(46)43-23-14-25-45(49)48(43)50/h2-27,29-30,32-34H,1,28,31H2/b36-15+. The van der Waals surface area contributed by atoms with Gasteiger partial charge in [-0.2, -0.15) is 0 Å². The van der Waals surface area contributed by atoms with Gasteiger partial charge in [0.2, 0.25) is 0 Å². The summed E-state index contributed by atoms with van der Waals surface area (Å²) >= 11 is 0. The fraction of sp³-hybridized carbons (Fsp3) is 0.0612. The molecule has 0 aliphatic carbocycles. The molecule has 0 bridgehead atoms. The van der Waals surface area contributed by atoms with Crippen LogP contribution >= 0.6 is 0 Å². The van der Waals surface area contributed by atoms with Crippen LogP contribution in [0.5, 0.6) is 0 Å². The van der Waals surface area contributed by atoms with E-state index in [0.29, 0.717) is 0 Å². The largest absolute Gasteiger partial charge is 0.309 e. The Balaban J connectivity index is 1.18. The number of hydrogen-bond donors (Lipinski definition) is 0. The van der Waals surface area contributed by atoms with Gasteiger partial charge in [-0.1, -0.05) is 176 Å². The van der Waals surface area contributed by atoms with Gasteiger partial charge in [-0.15, -0.1) is 0 Å². The highest BCUT2D eigenvalue weighted by Gasteiger charge is 2.45. The second kappa shape index (κ2) is 12.4. The second-order valence-electron chi connectivity index (χ2n) is 13.3. The van der Waals surface area contributed by atoms with Crippen molar-refractivity contribution in [1.82, 2.24) is 4.57 Å². The lowest BCUT2D eigenvalue weighted by molar-refractivity contribution is 0.728. The van der Waals surface area contributed by atoms with E-state index >= 15 is 0 Å². The van der Waals surface area contributed by atoms with E-state index in [9.17, 15) is 0 Å². The normalized spacial score (nSPS) is 15.2. The number of benzene rings is 7. The summed E-state index contributed by atoms with van der Waals surface area (Å²) in [6.45, 7) is 3.96. The predicted molar refractivity (Wildman–Crippen MR) is 211 cm³/mol. The van der Waals surface area contributed by atoms with Crippen molar-refractivity contribution in [3.8, 4) is 16.8 Å². The smallest absolute Gasteiger partial charge is 0.0742 e. The Hall–Kier alpha value is -6.18. The summed E-state index contributed by atoms with van der Waals surface area (Å²) in [4.78, 5) is 0. The molecule has 1 aliphatic heterocycles. The van der Waals surface area contributed by atoms with E-state index < -0.39 is 5.41 Å². The summed E-state index contributed by atoms with van der Waals surface area (Å²) in [6.07, 6.45) is 5.97. The Labute approximate surface area is 294 Å². The van der Waals surface area contributed by atoms with Gasteiger partial charge in [-0.25, -0.2) is 0 Å². The molecule has 1 nitrogen and oxygen atoms in total. The maximum atomic E-state index is 3.96. The molecular formula is C49H37N. The van der Waals surface area contributed by atoms with Crippen molar-refractivity contribution in [2.45, 2.75) is 18.3 Å². The summed E-state index contributed by atoms with van der Waals surface area (Å²) in [5.74, 6) is 0. The highest BCUT2D eigenvalue weighted by atomic mass is 15.0. The van der Waals surface area contributed by atoms with Crippen LogP contribution in [0.25, 0.3) is 44.2 Å². The van der Waals surface area contributed by atoms with Crippen molar-refractivity contribution in [2.75, 3.05) is 0 Å². The Kier molecular flexibility index (Phi) is 7.40. The Bertz CT molecular complexity index is 2530. The molecule has 1 atom stereocenters. The number of fused-ring (bicyclic) bond motifs is 5. The fourth-order valence-electron chi connectivity index (χ4n) is 8.37. The monoisotopic (exact) mass is 639 g/mol. The molecule has 7 aromatic carbocycles. The van der Waals surface area contributed by atoms with Gasteiger partial charge in [0, 0.05) is 10.8 Å². The highest BCUT2D eigenvalue weighted by molar-refractivity contribution is 6.12. The van der Waals surface area contributed by atoms with Crippen LogP contribution in [0.15, 0.2) is 195 Å². The average Bonchev–Trinajstić information content (AvgIpc) is 3.53. The quantitative estimate of drug-likeness (QED) is 0.146. The minimum atomic E-state index is -0.511. The molecule has 2 heterocycles. The first kappa shape index (κ1) is 29.9. The average molecular weight is 640 g/mol. The molecule has 0 spiro atoms. The van der Waals surface area contributed by atoms with Crippen LogP contribution in [-0.2, 0) is 11.8 Å². The summed E-state index contributed by atoms with van der Waals surface area (Å²) in [5.41, 5.74) is 14.7. The molecule has 0 amide bonds. The van der Waals surface area contributed by atoms with Crippen LogP contribution in [0.2, 0.25) is 0 Å². The molecule has 0 saturated heterocycles. The first-order valence-electron chi connectivity index (χ1n) is 17.5. The van der Waals surface area contributed by atoms with Crippen molar-refractivity contribution in [1.29, 1.82) is 0 Å². The number of rotatable bonds is 8. The van der Waals surface area contributed by atoms with Gasteiger partial charge in [0.15, 0.2) is 0 Å². The molecule has 9 rings (SSSR count). The highest BCUT2D eigenvalue weighted by Crippen LogP contribution is 2.54. The summed E-state index contributed by atoms with van der Waals surface area (Å²) in [6, 6.07) is 64.9. The lowest BCUT2D eigenvalue weighted by Crippen LogP contribution is -2.35. The molecule has 0 radical (unpaired) electrons. The molecule has 1 aliphatic rings. The number of hydrogen-bond acceptors (Lipinski definition) is 0. The van der Waals surface area contributed by atoms with E-state index in [0.717, 1.165) is 12.8 Å². The molecule has 0 saturated carbocycles. The van der Waals surface area contributed by atoms with Gasteiger partial charge >= 0.3 is 0 Å². The lowest BCUT2D eigenvalue weighted by atomic mass is 9.63. The maximum Gasteiger partial charge on any atom is 0.0742 e. The van der Waals surface area contributed by atoms with Crippen LogP contribution in [-0.4, -0.2) is 4.57 Å². The van der Waals surface area contributed by atoms with Crippen LogP contribution in [0.4, 0.5) is 0 Å². The Morgan fingerprint density at radius 2 is 1.22 bits per heavy atom. The zero-order valence-electron chi connectivity index (χ0n) is 28.0. The summed E-state index contributed by atoms with van der Waals surface area (Å²) < 4.78 is 2.49. The second-order valence-corrected chi connectivity index (χ2v) is 13.3. The zero-order valence-corrected chi connectivity index (χ0v) is 28.0. The Morgan fingerprint density at radius 3 is 2.04 bits per heavy atom. The van der Waals surface area contributed by atoms with E-state index in [2.05, 4.69) is 193 Å². The Morgan fingerprint density at radius 1 is 0.560 bits per heavy atom. The van der Waals surface area contributed by atoms with Crippen LogP contribution in [0.1, 0.15) is 39.8 Å². The van der Waals surface area contributed by atoms with Crippen molar-refractivity contribution in [3.63, 3.8) is 0 Å². The third-order valence-electron chi connectivity index (χ3n) is 10.6. The molecular weight excluding hydrogens is 603 g/mol. The van der Waals surface area contributed by atoms with Gasteiger partial charge < -0.3 is 4.57 Å². The minimum Gasteiger partial charge on any atom is -0.309 e. The number of nitrogens with zero attached hydrogens (tertiary/aromatic N) is 1. The van der Waals surface area contributed by atoms with E-state index in [1.54, 1.807) is 0 Å². The number of allylic oxidation sites excluding steroid dienone is 3. The predicted octanol–water partition coefficient (Wildman–Crippen LogP) is 12.3. The summed E-state index contributed by atoms with van der Waals surface area (Å²) in [7, 11) is 0. The molecule has 238 valence electrons. The van der Waals surface area contributed by atoms with E-state index in [1.807, 2.05) is 6.08 Å². The molecule has 0 N–H and O–H groups in total. The van der Waals surface area contributed by atoms with Gasteiger partial charge in [-0.05, 0) is 81.1 Å². The first-order valence-corrected chi connectivity index (χ1v) is 17.5. The van der Waals surface area contributed by atoms with Crippen molar-refractivity contribution < 1.29 is 0 Å². The van der Waals surface area contributed by atoms with Gasteiger partial charge in [0.25, 0.3) is 0 Å². The SMILES string of the molecule is C=C/C=C(\CCc1ccc(-c2cccc(C3(c4ccccc4)c4ccccc4-n4c5ccccc5c5cccc3c54)c2)cc1)c1ccccc1. The van der Waals surface area contributed by atoms with Crippen LogP contribution in [0.3, 0.4) is 0 Å². The molecule has 1 aromatic heterocycles. The molecule has 50 heavy (non-hydrogen) atoms. The topological polar surface area (TPSA) is 4.93 Å². The number of para-hydroxylation sites is 3. The molecule has 0 fully saturated rings. The van der Waals surface area contributed by atoms with Crippen LogP contribution in [0, 0.1) is 0 Å². The number of aromatic nitrogens is 1. The van der Waals surface area contributed by atoms with Gasteiger partial charge in [-0.3, -0.25) is 0 Å². The molecule has 8 aromatic rings. The first-order chi connectivity index (χ1) is 24.8. The third-order valence-corrected chi connectivity index (χ3v) is 10.6. The van der Waals surface area contributed by atoms with Crippen molar-refractivity contribution in [3.05, 3.63) is 228 Å². The fourth-order valence-corrected chi connectivity index (χ4v) is 8.37. The zero-order chi connectivity index (χ0) is 33.5. The van der Waals surface area contributed by atoms with Crippen molar-refractivity contribution >= 4 is 27.4 Å². The lowest BCUT2D eigenvalue weighted by Gasteiger charge is -2.42. The maximum absolute atomic E-state index is 3.96. The third kappa shape index (κ3) is 4.70. The number of aryl methyl sites for hydroxylation is 1. The molecule has 1 heteroatoms. The molecule has 1 unspecified atom stereocenters. The van der Waals surface area contributed by atoms with Crippen LogP contribution < -0.4 is 0 Å². The van der Waals surface area contributed by atoms with E-state index in [4.69, 9.17) is 0 Å².